The van der Waals surface area contributed by atoms with Crippen LogP contribution in [0.5, 0.6) is 0 Å². The van der Waals surface area contributed by atoms with Crippen LogP contribution in [-0.2, 0) is 6.54 Å². The fraction of sp³-hybridized carbons (Fsp3) is 0.273. The molecule has 2 aromatic heterocycles. The molecule has 18 heavy (non-hydrogen) atoms. The van der Waals surface area contributed by atoms with E-state index in [1.165, 1.54) is 4.68 Å². The zero-order chi connectivity index (χ0) is 13.0. The maximum atomic E-state index is 11.8. The Bertz CT molecular complexity index is 550. The van der Waals surface area contributed by atoms with Crippen molar-refractivity contribution in [2.45, 2.75) is 13.5 Å². The van der Waals surface area contributed by atoms with E-state index in [9.17, 15) is 4.79 Å². The van der Waals surface area contributed by atoms with Crippen molar-refractivity contribution in [2.24, 2.45) is 5.73 Å². The van der Waals surface area contributed by atoms with Crippen LogP contribution in [0.4, 0.5) is 5.82 Å². The number of aryl methyl sites for hydroxylation is 1. The molecule has 7 heteroatoms. The number of nitrogens with one attached hydrogen (secondary N) is 1. The Balaban J connectivity index is 2.07. The first kappa shape index (κ1) is 12.2. The van der Waals surface area contributed by atoms with Crippen LogP contribution in [0.2, 0.25) is 0 Å². The van der Waals surface area contributed by atoms with E-state index >= 15 is 0 Å². The fourth-order valence-electron chi connectivity index (χ4n) is 1.44. The molecular weight excluding hydrogens is 232 g/mol. The van der Waals surface area contributed by atoms with Crippen molar-refractivity contribution < 1.29 is 4.79 Å². The van der Waals surface area contributed by atoms with Crippen molar-refractivity contribution in [3.63, 3.8) is 0 Å². The zero-order valence-electron chi connectivity index (χ0n) is 10.00. The summed E-state index contributed by atoms with van der Waals surface area (Å²) in [6.45, 7) is 2.83. The van der Waals surface area contributed by atoms with Crippen molar-refractivity contribution in [1.82, 2.24) is 20.0 Å². The van der Waals surface area contributed by atoms with E-state index in [0.29, 0.717) is 18.9 Å². The van der Waals surface area contributed by atoms with Gasteiger partial charge in [0.1, 0.15) is 5.82 Å². The molecule has 0 aliphatic carbocycles. The second kappa shape index (κ2) is 5.37. The van der Waals surface area contributed by atoms with Gasteiger partial charge in [0.15, 0.2) is 5.69 Å². The van der Waals surface area contributed by atoms with E-state index in [1.807, 2.05) is 19.1 Å². The molecule has 7 nitrogen and oxygen atoms in total. The Labute approximate surface area is 104 Å². The summed E-state index contributed by atoms with van der Waals surface area (Å²) in [6, 6.07) is 5.39. The van der Waals surface area contributed by atoms with Gasteiger partial charge in [0.2, 0.25) is 0 Å². The van der Waals surface area contributed by atoms with Crippen molar-refractivity contribution >= 4 is 11.7 Å². The summed E-state index contributed by atoms with van der Waals surface area (Å²) < 4.78 is 1.53. The van der Waals surface area contributed by atoms with E-state index < -0.39 is 0 Å². The molecule has 0 atom stereocenters. The van der Waals surface area contributed by atoms with Gasteiger partial charge in [-0.1, -0.05) is 11.3 Å². The van der Waals surface area contributed by atoms with E-state index in [2.05, 4.69) is 20.6 Å². The van der Waals surface area contributed by atoms with Crippen molar-refractivity contribution in [2.75, 3.05) is 11.9 Å². The number of nitrogens with zero attached hydrogens (tertiary/aromatic N) is 4. The largest absolute Gasteiger partial charge is 0.329 e. The molecule has 2 heterocycles. The molecule has 0 saturated carbocycles. The number of hydrogen-bond acceptors (Lipinski definition) is 5. The highest BCUT2D eigenvalue weighted by Crippen LogP contribution is 2.05. The van der Waals surface area contributed by atoms with Crippen molar-refractivity contribution in [3.05, 3.63) is 35.8 Å². The molecule has 1 amide bonds. The molecule has 0 fully saturated rings. The summed E-state index contributed by atoms with van der Waals surface area (Å²) >= 11 is 0. The lowest BCUT2D eigenvalue weighted by Gasteiger charge is -2.02. The molecular formula is C11H14N6O. The summed E-state index contributed by atoms with van der Waals surface area (Å²) in [5.74, 6) is 0.157. The Morgan fingerprint density at radius 1 is 1.50 bits per heavy atom. The van der Waals surface area contributed by atoms with Crippen LogP contribution in [0.25, 0.3) is 0 Å². The van der Waals surface area contributed by atoms with Gasteiger partial charge in [-0.3, -0.25) is 9.48 Å². The molecule has 94 valence electrons. The summed E-state index contributed by atoms with van der Waals surface area (Å²) in [5, 5.41) is 10.2. The number of aromatic nitrogens is 4. The summed E-state index contributed by atoms with van der Waals surface area (Å²) in [4.78, 5) is 16.0. The maximum absolute atomic E-state index is 11.8. The number of rotatable bonds is 4. The molecule has 0 aliphatic rings. The lowest BCUT2D eigenvalue weighted by molar-refractivity contribution is 0.102. The standard InChI is InChI=1S/C11H14N6O/c1-8-3-2-4-10(13-8)14-11(18)9-7-17(6-5-12)16-15-9/h2-4,7H,5-6,12H2,1H3,(H,13,14,18). The molecule has 0 bridgehead atoms. The van der Waals surface area contributed by atoms with Crippen LogP contribution in [-0.4, -0.2) is 32.4 Å². The SMILES string of the molecule is Cc1cccc(NC(=O)c2cn(CCN)nn2)n1. The number of pyridine rings is 1. The average Bonchev–Trinajstić information content (AvgIpc) is 2.78. The zero-order valence-corrected chi connectivity index (χ0v) is 10.00. The normalized spacial score (nSPS) is 10.3. The van der Waals surface area contributed by atoms with Crippen molar-refractivity contribution in [1.29, 1.82) is 0 Å². The smallest absolute Gasteiger partial charge is 0.278 e. The van der Waals surface area contributed by atoms with E-state index in [1.54, 1.807) is 12.3 Å². The number of anilines is 1. The number of nitrogens with two attached hydrogens (primary N) is 1. The van der Waals surface area contributed by atoms with Gasteiger partial charge in [-0.25, -0.2) is 4.98 Å². The fourth-order valence-corrected chi connectivity index (χ4v) is 1.44. The first-order chi connectivity index (χ1) is 8.69. The molecule has 0 spiro atoms. The second-order valence-corrected chi connectivity index (χ2v) is 3.77. The number of carbonyl (C=O) groups excluding carboxylic acids is 1. The van der Waals surface area contributed by atoms with E-state index in [0.717, 1.165) is 5.69 Å². The summed E-state index contributed by atoms with van der Waals surface area (Å²) in [5.41, 5.74) is 6.46. The van der Waals surface area contributed by atoms with Crippen LogP contribution in [0.3, 0.4) is 0 Å². The molecule has 0 radical (unpaired) electrons. The van der Waals surface area contributed by atoms with Gasteiger partial charge in [0.05, 0.1) is 12.7 Å². The van der Waals surface area contributed by atoms with Gasteiger partial charge < -0.3 is 11.1 Å². The average molecular weight is 246 g/mol. The molecule has 0 aliphatic heterocycles. The Hall–Kier alpha value is -2.28. The highest BCUT2D eigenvalue weighted by molar-refractivity contribution is 6.02. The minimum Gasteiger partial charge on any atom is -0.329 e. The summed E-state index contributed by atoms with van der Waals surface area (Å²) in [6.07, 6.45) is 1.55. The maximum Gasteiger partial charge on any atom is 0.278 e. The van der Waals surface area contributed by atoms with Gasteiger partial charge >= 0.3 is 0 Å². The third-order valence-corrected chi connectivity index (χ3v) is 2.26. The van der Waals surface area contributed by atoms with E-state index in [-0.39, 0.29) is 11.6 Å². The lowest BCUT2D eigenvalue weighted by atomic mass is 10.3. The Kier molecular flexibility index (Phi) is 3.63. The summed E-state index contributed by atoms with van der Waals surface area (Å²) in [7, 11) is 0. The highest BCUT2D eigenvalue weighted by Gasteiger charge is 2.11. The molecule has 0 saturated heterocycles. The van der Waals surface area contributed by atoms with Crippen LogP contribution >= 0.6 is 0 Å². The van der Waals surface area contributed by atoms with E-state index in [4.69, 9.17) is 5.73 Å². The topological polar surface area (TPSA) is 98.7 Å². The molecule has 3 N–H and O–H groups in total. The molecule has 2 aromatic rings. The third-order valence-electron chi connectivity index (χ3n) is 2.26. The number of amides is 1. The second-order valence-electron chi connectivity index (χ2n) is 3.77. The minimum atomic E-state index is -0.337. The number of hydrogen-bond donors (Lipinski definition) is 2. The number of carbonyl (C=O) groups is 1. The van der Waals surface area contributed by atoms with Crippen molar-refractivity contribution in [3.8, 4) is 0 Å². The lowest BCUT2D eigenvalue weighted by Crippen LogP contribution is -2.14. The van der Waals surface area contributed by atoms with Crippen LogP contribution in [0, 0.1) is 6.92 Å². The molecule has 2 rings (SSSR count). The predicted octanol–water partition coefficient (Wildman–Crippen LogP) is 0.193. The third kappa shape index (κ3) is 2.89. The van der Waals surface area contributed by atoms with Gasteiger partial charge in [-0.15, -0.1) is 5.10 Å². The van der Waals surface area contributed by atoms with Crippen LogP contribution in [0.1, 0.15) is 16.2 Å². The molecule has 0 unspecified atom stereocenters. The minimum absolute atomic E-state index is 0.242. The van der Waals surface area contributed by atoms with Gasteiger partial charge in [0.25, 0.3) is 5.91 Å². The van der Waals surface area contributed by atoms with Crippen LogP contribution in [0.15, 0.2) is 24.4 Å². The monoisotopic (exact) mass is 246 g/mol. The molecule has 0 aromatic carbocycles. The van der Waals surface area contributed by atoms with Gasteiger partial charge in [-0.05, 0) is 19.1 Å². The van der Waals surface area contributed by atoms with Crippen LogP contribution < -0.4 is 11.1 Å². The highest BCUT2D eigenvalue weighted by atomic mass is 16.2. The first-order valence-electron chi connectivity index (χ1n) is 5.54. The quantitative estimate of drug-likeness (QED) is 0.802. The Morgan fingerprint density at radius 2 is 2.33 bits per heavy atom. The van der Waals surface area contributed by atoms with Gasteiger partial charge in [0, 0.05) is 12.2 Å². The predicted molar refractivity (Wildman–Crippen MR) is 66.0 cm³/mol. The first-order valence-corrected chi connectivity index (χ1v) is 5.54. The Morgan fingerprint density at radius 3 is 3.06 bits per heavy atom. The van der Waals surface area contributed by atoms with Gasteiger partial charge in [-0.2, -0.15) is 0 Å².